The normalized spacial score (nSPS) is 12.2. The summed E-state index contributed by atoms with van der Waals surface area (Å²) in [5.74, 6) is 1.26. The van der Waals surface area contributed by atoms with Gasteiger partial charge in [-0.2, -0.15) is 9.47 Å². The SMILES string of the molecule is CCC(O)c1nn(Cc2ccc(OC)cc2)cc1-c1nc(Nc2nsc(C)n2)sc1CO. The number of aryl methyl sites for hydroxylation is 1. The number of ether oxygens (including phenoxy) is 1. The summed E-state index contributed by atoms with van der Waals surface area (Å²) in [5, 5.41) is 29.7. The van der Waals surface area contributed by atoms with Crippen molar-refractivity contribution in [3.8, 4) is 17.0 Å². The van der Waals surface area contributed by atoms with E-state index in [-0.39, 0.29) is 6.61 Å². The first-order valence-corrected chi connectivity index (χ1v) is 11.7. The molecule has 0 saturated heterocycles. The highest BCUT2D eigenvalue weighted by Crippen LogP contribution is 2.36. The van der Waals surface area contributed by atoms with Crippen LogP contribution < -0.4 is 10.1 Å². The van der Waals surface area contributed by atoms with Gasteiger partial charge in [-0.05, 0) is 42.6 Å². The fourth-order valence-electron chi connectivity index (χ4n) is 3.23. The standard InChI is InChI=1S/C21H24N6O3S2/c1-4-16(29)18-15(10-27(25-18)9-13-5-7-14(30-3)8-6-13)19-17(11-28)31-21(23-19)24-20-22-12(2)32-26-20/h5-8,10,16,28-29H,4,9,11H2,1-3H3,(H,23,24,26). The van der Waals surface area contributed by atoms with E-state index >= 15 is 0 Å². The Bertz CT molecular complexity index is 1180. The van der Waals surface area contributed by atoms with Crippen LogP contribution in [0, 0.1) is 6.92 Å². The zero-order valence-corrected chi connectivity index (χ0v) is 19.6. The Balaban J connectivity index is 1.68. The van der Waals surface area contributed by atoms with E-state index < -0.39 is 6.10 Å². The van der Waals surface area contributed by atoms with Gasteiger partial charge in [0.1, 0.15) is 16.5 Å². The van der Waals surface area contributed by atoms with E-state index in [1.807, 2.05) is 44.3 Å². The Morgan fingerprint density at radius 3 is 2.62 bits per heavy atom. The average Bonchev–Trinajstić information content (AvgIpc) is 3.52. The van der Waals surface area contributed by atoms with Gasteiger partial charge in [0.05, 0.1) is 36.9 Å². The van der Waals surface area contributed by atoms with Gasteiger partial charge >= 0.3 is 0 Å². The largest absolute Gasteiger partial charge is 0.497 e. The molecule has 3 N–H and O–H groups in total. The molecule has 1 aromatic carbocycles. The van der Waals surface area contributed by atoms with E-state index in [0.29, 0.717) is 45.9 Å². The van der Waals surface area contributed by atoms with Crippen LogP contribution in [0.25, 0.3) is 11.3 Å². The van der Waals surface area contributed by atoms with Crippen molar-refractivity contribution in [2.75, 3.05) is 12.4 Å². The zero-order chi connectivity index (χ0) is 22.7. The predicted octanol–water partition coefficient (Wildman–Crippen LogP) is 3.90. The molecule has 0 bridgehead atoms. The maximum absolute atomic E-state index is 10.6. The lowest BCUT2D eigenvalue weighted by atomic mass is 10.1. The molecule has 168 valence electrons. The molecular weight excluding hydrogens is 448 g/mol. The van der Waals surface area contributed by atoms with Crippen molar-refractivity contribution in [1.82, 2.24) is 24.1 Å². The van der Waals surface area contributed by atoms with Crippen LogP contribution in [0.4, 0.5) is 11.1 Å². The van der Waals surface area contributed by atoms with E-state index in [4.69, 9.17) is 4.74 Å². The van der Waals surface area contributed by atoms with Crippen LogP contribution in [0.5, 0.6) is 5.75 Å². The smallest absolute Gasteiger partial charge is 0.241 e. The van der Waals surface area contributed by atoms with Crippen molar-refractivity contribution in [3.63, 3.8) is 0 Å². The molecule has 0 amide bonds. The molecular formula is C21H24N6O3S2. The summed E-state index contributed by atoms with van der Waals surface area (Å²) in [6, 6.07) is 7.75. The quantitative estimate of drug-likeness (QED) is 0.336. The third-order valence-electron chi connectivity index (χ3n) is 4.84. The molecule has 11 heteroatoms. The molecule has 0 radical (unpaired) electrons. The number of hydrogen-bond donors (Lipinski definition) is 3. The topological polar surface area (TPSA) is 118 Å². The molecule has 4 rings (SSSR count). The first-order valence-electron chi connectivity index (χ1n) is 10.1. The number of aromatic nitrogens is 5. The van der Waals surface area contributed by atoms with E-state index in [9.17, 15) is 10.2 Å². The molecule has 4 aromatic rings. The third-order valence-corrected chi connectivity index (χ3v) is 6.41. The molecule has 1 atom stereocenters. The van der Waals surface area contributed by atoms with Crippen LogP contribution in [0.15, 0.2) is 30.5 Å². The zero-order valence-electron chi connectivity index (χ0n) is 17.9. The van der Waals surface area contributed by atoms with E-state index in [2.05, 4.69) is 24.8 Å². The number of aliphatic hydroxyl groups is 2. The summed E-state index contributed by atoms with van der Waals surface area (Å²) in [6.07, 6.45) is 1.63. The molecule has 32 heavy (non-hydrogen) atoms. The minimum atomic E-state index is -0.741. The number of benzene rings is 1. The predicted molar refractivity (Wildman–Crippen MR) is 125 cm³/mol. The summed E-state index contributed by atoms with van der Waals surface area (Å²) in [6.45, 7) is 4.13. The van der Waals surface area contributed by atoms with Crippen LogP contribution in [-0.2, 0) is 13.2 Å². The minimum absolute atomic E-state index is 0.177. The van der Waals surface area contributed by atoms with Crippen molar-refractivity contribution >= 4 is 33.9 Å². The fourth-order valence-corrected chi connectivity index (χ4v) is 4.49. The summed E-state index contributed by atoms with van der Waals surface area (Å²) in [5.41, 5.74) is 2.87. The number of anilines is 2. The first kappa shape index (κ1) is 22.3. The number of thiazole rings is 1. The Labute approximate surface area is 193 Å². The summed E-state index contributed by atoms with van der Waals surface area (Å²) in [4.78, 5) is 9.64. The second kappa shape index (κ2) is 9.74. The lowest BCUT2D eigenvalue weighted by Gasteiger charge is -2.07. The van der Waals surface area contributed by atoms with Gasteiger partial charge in [-0.25, -0.2) is 9.97 Å². The van der Waals surface area contributed by atoms with Gasteiger partial charge in [0.2, 0.25) is 5.95 Å². The van der Waals surface area contributed by atoms with Gasteiger partial charge in [-0.3, -0.25) is 10.00 Å². The minimum Gasteiger partial charge on any atom is -0.497 e. The van der Waals surface area contributed by atoms with Crippen LogP contribution in [-0.4, -0.2) is 41.4 Å². The van der Waals surface area contributed by atoms with Crippen LogP contribution >= 0.6 is 22.9 Å². The van der Waals surface area contributed by atoms with E-state index in [0.717, 1.165) is 16.3 Å². The number of rotatable bonds is 9. The van der Waals surface area contributed by atoms with E-state index in [1.54, 1.807) is 11.8 Å². The lowest BCUT2D eigenvalue weighted by Crippen LogP contribution is -2.03. The summed E-state index contributed by atoms with van der Waals surface area (Å²) >= 11 is 2.63. The highest BCUT2D eigenvalue weighted by molar-refractivity contribution is 7.16. The summed E-state index contributed by atoms with van der Waals surface area (Å²) in [7, 11) is 1.63. The second-order valence-corrected chi connectivity index (χ2v) is 9.15. The molecule has 9 nitrogen and oxygen atoms in total. The Hall–Kier alpha value is -2.86. The number of nitrogens with zero attached hydrogens (tertiary/aromatic N) is 5. The monoisotopic (exact) mass is 472 g/mol. The molecule has 3 heterocycles. The summed E-state index contributed by atoms with van der Waals surface area (Å²) < 4.78 is 11.2. The van der Waals surface area contributed by atoms with Crippen LogP contribution in [0.1, 0.15) is 40.6 Å². The van der Waals surface area contributed by atoms with Crippen molar-refractivity contribution in [1.29, 1.82) is 0 Å². The van der Waals surface area contributed by atoms with Gasteiger partial charge in [0, 0.05) is 11.8 Å². The first-order chi connectivity index (χ1) is 15.5. The maximum Gasteiger partial charge on any atom is 0.241 e. The average molecular weight is 473 g/mol. The van der Waals surface area contributed by atoms with Crippen molar-refractivity contribution in [2.24, 2.45) is 0 Å². The molecule has 0 saturated carbocycles. The van der Waals surface area contributed by atoms with Crippen molar-refractivity contribution < 1.29 is 14.9 Å². The van der Waals surface area contributed by atoms with Crippen LogP contribution in [0.2, 0.25) is 0 Å². The van der Waals surface area contributed by atoms with Gasteiger partial charge < -0.3 is 14.9 Å². The molecule has 0 spiro atoms. The Morgan fingerprint density at radius 2 is 2.00 bits per heavy atom. The highest BCUT2D eigenvalue weighted by atomic mass is 32.1. The van der Waals surface area contributed by atoms with Gasteiger partial charge in [0.15, 0.2) is 5.13 Å². The van der Waals surface area contributed by atoms with Crippen molar-refractivity contribution in [2.45, 2.75) is 39.5 Å². The Morgan fingerprint density at radius 1 is 1.22 bits per heavy atom. The molecule has 0 aliphatic carbocycles. The number of aliphatic hydroxyl groups excluding tert-OH is 2. The van der Waals surface area contributed by atoms with E-state index in [1.165, 1.54) is 22.9 Å². The number of hydrogen-bond acceptors (Lipinski definition) is 10. The van der Waals surface area contributed by atoms with Gasteiger partial charge in [-0.15, -0.1) is 0 Å². The van der Waals surface area contributed by atoms with Crippen LogP contribution in [0.3, 0.4) is 0 Å². The van der Waals surface area contributed by atoms with Crippen molar-refractivity contribution in [3.05, 3.63) is 51.6 Å². The number of methoxy groups -OCH3 is 1. The highest BCUT2D eigenvalue weighted by Gasteiger charge is 2.23. The molecule has 1 unspecified atom stereocenters. The van der Waals surface area contributed by atoms with Gasteiger partial charge in [-0.1, -0.05) is 30.4 Å². The Kier molecular flexibility index (Phi) is 6.80. The number of nitrogens with one attached hydrogen (secondary N) is 1. The molecule has 3 aromatic heterocycles. The molecule has 0 aliphatic rings. The lowest BCUT2D eigenvalue weighted by molar-refractivity contribution is 0.168. The fraction of sp³-hybridized carbons (Fsp3) is 0.333. The molecule has 0 fully saturated rings. The maximum atomic E-state index is 10.6. The third kappa shape index (κ3) is 4.80. The molecule has 0 aliphatic heterocycles. The van der Waals surface area contributed by atoms with Gasteiger partial charge in [0.25, 0.3) is 0 Å². The second-order valence-electron chi connectivity index (χ2n) is 7.11.